The topological polar surface area (TPSA) is 76.1 Å². The number of carbonyl (C=O) groups is 1. The number of aryl methyl sites for hydroxylation is 1. The fourth-order valence-corrected chi connectivity index (χ4v) is 2.20. The summed E-state index contributed by atoms with van der Waals surface area (Å²) in [5.41, 5.74) is 2.96. The minimum absolute atomic E-state index is 0.234. The van der Waals surface area contributed by atoms with Crippen LogP contribution in [0, 0.1) is 6.92 Å². The van der Waals surface area contributed by atoms with Crippen LogP contribution in [0.5, 0.6) is 5.75 Å². The van der Waals surface area contributed by atoms with Crippen molar-refractivity contribution in [3.63, 3.8) is 0 Å². The van der Waals surface area contributed by atoms with Gasteiger partial charge in [-0.2, -0.15) is 0 Å². The van der Waals surface area contributed by atoms with Crippen molar-refractivity contribution in [3.05, 3.63) is 71.9 Å². The van der Waals surface area contributed by atoms with E-state index in [1.807, 2.05) is 31.2 Å². The molecule has 0 aliphatic carbocycles. The summed E-state index contributed by atoms with van der Waals surface area (Å²) in [5.74, 6) is 0.908. The van der Waals surface area contributed by atoms with Crippen LogP contribution in [0.25, 0.3) is 0 Å². The first kappa shape index (κ1) is 16.4. The summed E-state index contributed by atoms with van der Waals surface area (Å²) in [7, 11) is 1.58. The number of hydrogen-bond acceptors (Lipinski definition) is 5. The largest absolute Gasteiger partial charge is 0.497 e. The van der Waals surface area contributed by atoms with Crippen LogP contribution in [0.3, 0.4) is 0 Å². The van der Waals surface area contributed by atoms with Crippen LogP contribution in [0.15, 0.2) is 60.7 Å². The number of methoxy groups -OCH3 is 1. The summed E-state index contributed by atoms with van der Waals surface area (Å²) in [6.07, 6.45) is 0. The van der Waals surface area contributed by atoms with Crippen LogP contribution in [0.4, 0.5) is 17.2 Å². The molecule has 0 aliphatic rings. The Balaban J connectivity index is 1.66. The lowest BCUT2D eigenvalue weighted by molar-refractivity contribution is 0.102. The standard InChI is InChI=1S/C19H18N4O2/c1-13-6-8-14(9-7-13)20-18-11-10-17(22-23-18)19(24)21-15-4-3-5-16(12-15)25-2/h3-12H,1-2H3,(H,20,23)(H,21,24). The molecule has 1 aromatic heterocycles. The SMILES string of the molecule is COc1cccc(NC(=O)c2ccc(Nc3ccc(C)cc3)nn2)c1. The lowest BCUT2D eigenvalue weighted by atomic mass is 10.2. The number of benzene rings is 2. The van der Waals surface area contributed by atoms with Crippen molar-refractivity contribution in [2.45, 2.75) is 6.92 Å². The Labute approximate surface area is 145 Å². The van der Waals surface area contributed by atoms with Gasteiger partial charge in [-0.15, -0.1) is 10.2 Å². The molecule has 0 spiro atoms. The van der Waals surface area contributed by atoms with E-state index in [1.165, 1.54) is 5.56 Å². The van der Waals surface area contributed by atoms with E-state index in [0.29, 0.717) is 17.3 Å². The van der Waals surface area contributed by atoms with E-state index in [9.17, 15) is 4.79 Å². The molecule has 2 aromatic carbocycles. The lowest BCUT2D eigenvalue weighted by Gasteiger charge is -2.08. The quantitative estimate of drug-likeness (QED) is 0.742. The van der Waals surface area contributed by atoms with Gasteiger partial charge in [-0.3, -0.25) is 4.79 Å². The van der Waals surface area contributed by atoms with Gasteiger partial charge in [0, 0.05) is 17.4 Å². The third-order valence-electron chi connectivity index (χ3n) is 3.55. The molecule has 0 bridgehead atoms. The van der Waals surface area contributed by atoms with Gasteiger partial charge in [0.05, 0.1) is 7.11 Å². The second-order valence-electron chi connectivity index (χ2n) is 5.48. The van der Waals surface area contributed by atoms with E-state index in [4.69, 9.17) is 4.74 Å². The van der Waals surface area contributed by atoms with Gasteiger partial charge in [-0.1, -0.05) is 23.8 Å². The van der Waals surface area contributed by atoms with Crippen LogP contribution in [0.2, 0.25) is 0 Å². The van der Waals surface area contributed by atoms with Crippen molar-refractivity contribution in [2.75, 3.05) is 17.7 Å². The second kappa shape index (κ2) is 7.44. The first-order valence-electron chi connectivity index (χ1n) is 7.77. The van der Waals surface area contributed by atoms with E-state index in [1.54, 1.807) is 43.5 Å². The van der Waals surface area contributed by atoms with E-state index in [0.717, 1.165) is 5.69 Å². The molecule has 0 saturated carbocycles. The highest BCUT2D eigenvalue weighted by molar-refractivity contribution is 6.02. The molecule has 1 amide bonds. The summed E-state index contributed by atoms with van der Waals surface area (Å²) < 4.78 is 5.13. The summed E-state index contributed by atoms with van der Waals surface area (Å²) in [6, 6.07) is 18.4. The van der Waals surface area contributed by atoms with Gasteiger partial charge in [0.25, 0.3) is 5.91 Å². The zero-order valence-corrected chi connectivity index (χ0v) is 14.0. The molecular weight excluding hydrogens is 316 g/mol. The Hall–Kier alpha value is -3.41. The molecule has 0 atom stereocenters. The fourth-order valence-electron chi connectivity index (χ4n) is 2.20. The minimum Gasteiger partial charge on any atom is -0.497 e. The number of anilines is 3. The van der Waals surface area contributed by atoms with Gasteiger partial charge >= 0.3 is 0 Å². The van der Waals surface area contributed by atoms with Gasteiger partial charge < -0.3 is 15.4 Å². The number of aromatic nitrogens is 2. The maximum Gasteiger partial charge on any atom is 0.276 e. The smallest absolute Gasteiger partial charge is 0.276 e. The molecule has 6 heteroatoms. The van der Waals surface area contributed by atoms with E-state index in [2.05, 4.69) is 20.8 Å². The van der Waals surface area contributed by atoms with E-state index in [-0.39, 0.29) is 11.6 Å². The summed E-state index contributed by atoms with van der Waals surface area (Å²) in [5, 5.41) is 13.9. The van der Waals surface area contributed by atoms with Crippen LogP contribution in [0.1, 0.15) is 16.1 Å². The second-order valence-corrected chi connectivity index (χ2v) is 5.48. The average Bonchev–Trinajstić information content (AvgIpc) is 2.64. The molecule has 6 nitrogen and oxygen atoms in total. The number of ether oxygens (including phenoxy) is 1. The molecule has 0 fully saturated rings. The minimum atomic E-state index is -0.331. The Kier molecular flexibility index (Phi) is 4.89. The van der Waals surface area contributed by atoms with Gasteiger partial charge in [0.1, 0.15) is 5.75 Å². The highest BCUT2D eigenvalue weighted by Crippen LogP contribution is 2.18. The molecule has 2 N–H and O–H groups in total. The van der Waals surface area contributed by atoms with Crippen LogP contribution < -0.4 is 15.4 Å². The first-order valence-corrected chi connectivity index (χ1v) is 7.77. The number of hydrogen-bond donors (Lipinski definition) is 2. The van der Waals surface area contributed by atoms with Crippen LogP contribution in [-0.4, -0.2) is 23.2 Å². The zero-order chi connectivity index (χ0) is 17.6. The predicted octanol–water partition coefficient (Wildman–Crippen LogP) is 3.79. The third-order valence-corrected chi connectivity index (χ3v) is 3.55. The molecule has 0 saturated heterocycles. The Morgan fingerprint density at radius 2 is 1.76 bits per heavy atom. The number of carbonyl (C=O) groups excluding carboxylic acids is 1. The number of nitrogens with zero attached hydrogens (tertiary/aromatic N) is 2. The van der Waals surface area contributed by atoms with Crippen molar-refractivity contribution in [3.8, 4) is 5.75 Å². The third kappa shape index (κ3) is 4.32. The number of rotatable bonds is 5. The molecule has 0 unspecified atom stereocenters. The van der Waals surface area contributed by atoms with Gasteiger partial charge in [-0.25, -0.2) is 0 Å². The molecule has 3 aromatic rings. The predicted molar refractivity (Wildman–Crippen MR) is 97.4 cm³/mol. The van der Waals surface area contributed by atoms with Gasteiger partial charge in [-0.05, 0) is 43.3 Å². The summed E-state index contributed by atoms with van der Waals surface area (Å²) in [4.78, 5) is 12.2. The maximum absolute atomic E-state index is 12.2. The molecule has 3 rings (SSSR count). The molecule has 0 radical (unpaired) electrons. The van der Waals surface area contributed by atoms with E-state index >= 15 is 0 Å². The molecule has 25 heavy (non-hydrogen) atoms. The number of nitrogens with one attached hydrogen (secondary N) is 2. The summed E-state index contributed by atoms with van der Waals surface area (Å²) in [6.45, 7) is 2.03. The summed E-state index contributed by atoms with van der Waals surface area (Å²) >= 11 is 0. The molecule has 0 aliphatic heterocycles. The first-order chi connectivity index (χ1) is 12.1. The van der Waals surface area contributed by atoms with Gasteiger partial charge in [0.15, 0.2) is 11.5 Å². The number of amides is 1. The van der Waals surface area contributed by atoms with E-state index < -0.39 is 0 Å². The van der Waals surface area contributed by atoms with Crippen molar-refractivity contribution >= 4 is 23.1 Å². The monoisotopic (exact) mass is 334 g/mol. The normalized spacial score (nSPS) is 10.2. The molecule has 126 valence electrons. The molecule has 1 heterocycles. The van der Waals surface area contributed by atoms with Gasteiger partial charge in [0.2, 0.25) is 0 Å². The Morgan fingerprint density at radius 1 is 0.960 bits per heavy atom. The van der Waals surface area contributed by atoms with Crippen molar-refractivity contribution in [1.82, 2.24) is 10.2 Å². The zero-order valence-electron chi connectivity index (χ0n) is 14.0. The average molecular weight is 334 g/mol. The Bertz CT molecular complexity index is 861. The van der Waals surface area contributed by atoms with Crippen molar-refractivity contribution in [2.24, 2.45) is 0 Å². The highest BCUT2D eigenvalue weighted by Gasteiger charge is 2.09. The van der Waals surface area contributed by atoms with Crippen LogP contribution >= 0.6 is 0 Å². The molecular formula is C19H18N4O2. The van der Waals surface area contributed by atoms with Crippen LogP contribution in [-0.2, 0) is 0 Å². The lowest BCUT2D eigenvalue weighted by Crippen LogP contribution is -2.14. The maximum atomic E-state index is 12.2. The fraction of sp³-hybridized carbons (Fsp3) is 0.105. The highest BCUT2D eigenvalue weighted by atomic mass is 16.5. The van der Waals surface area contributed by atoms with Crippen molar-refractivity contribution < 1.29 is 9.53 Å². The Morgan fingerprint density at radius 3 is 2.44 bits per heavy atom. The van der Waals surface area contributed by atoms with Crippen molar-refractivity contribution in [1.29, 1.82) is 0 Å².